The van der Waals surface area contributed by atoms with Crippen molar-refractivity contribution < 1.29 is 0 Å². The Morgan fingerprint density at radius 1 is 0.625 bits per heavy atom. The number of H-pyrrole nitrogens is 1. The Morgan fingerprint density at radius 2 is 1.21 bits per heavy atom. The van der Waals surface area contributed by atoms with E-state index in [4.69, 9.17) is 5.73 Å². The van der Waals surface area contributed by atoms with Crippen LogP contribution < -0.4 is 5.73 Å². The summed E-state index contributed by atoms with van der Waals surface area (Å²) in [5, 5.41) is 7.52. The van der Waals surface area contributed by atoms with Gasteiger partial charge in [-0.3, -0.25) is 5.10 Å². The molecule has 0 saturated carbocycles. The zero-order chi connectivity index (χ0) is 16.4. The number of nitrogens with two attached hydrogens (primary N) is 1. The lowest BCUT2D eigenvalue weighted by molar-refractivity contribution is 1.10. The van der Waals surface area contributed by atoms with Crippen molar-refractivity contribution in [2.45, 2.75) is 0 Å². The van der Waals surface area contributed by atoms with E-state index in [1.54, 1.807) is 0 Å². The molecule has 116 valence electrons. The van der Waals surface area contributed by atoms with E-state index in [0.717, 1.165) is 28.2 Å². The van der Waals surface area contributed by atoms with Gasteiger partial charge in [0.1, 0.15) is 0 Å². The van der Waals surface area contributed by atoms with Crippen LogP contribution in [0.25, 0.3) is 33.6 Å². The molecule has 0 spiro atoms. The molecule has 0 aliphatic rings. The number of nitrogen functional groups attached to an aromatic ring is 1. The van der Waals surface area contributed by atoms with E-state index in [1.807, 2.05) is 30.3 Å². The number of aromatic nitrogens is 2. The SMILES string of the molecule is Nc1ccc(-c2cc(-c3ccc(-c4ccccc4)cc3)[nH]n2)cc1. The highest BCUT2D eigenvalue weighted by Gasteiger charge is 2.06. The zero-order valence-corrected chi connectivity index (χ0v) is 13.1. The van der Waals surface area contributed by atoms with E-state index < -0.39 is 0 Å². The molecule has 3 heteroatoms. The molecule has 24 heavy (non-hydrogen) atoms. The summed E-state index contributed by atoms with van der Waals surface area (Å²) < 4.78 is 0. The van der Waals surface area contributed by atoms with E-state index in [-0.39, 0.29) is 0 Å². The molecule has 4 aromatic rings. The van der Waals surface area contributed by atoms with Gasteiger partial charge in [0.15, 0.2) is 0 Å². The van der Waals surface area contributed by atoms with Gasteiger partial charge in [0.05, 0.1) is 11.4 Å². The first-order chi connectivity index (χ1) is 11.8. The molecule has 4 rings (SSSR count). The van der Waals surface area contributed by atoms with Gasteiger partial charge in [0, 0.05) is 11.3 Å². The van der Waals surface area contributed by atoms with Crippen LogP contribution in [0.4, 0.5) is 5.69 Å². The van der Waals surface area contributed by atoms with Gasteiger partial charge in [-0.2, -0.15) is 5.10 Å². The monoisotopic (exact) mass is 311 g/mol. The lowest BCUT2D eigenvalue weighted by Gasteiger charge is -2.03. The Labute approximate surface area is 140 Å². The minimum absolute atomic E-state index is 0.756. The normalized spacial score (nSPS) is 10.7. The molecule has 0 aliphatic heterocycles. The Hall–Kier alpha value is -3.33. The Kier molecular flexibility index (Phi) is 3.60. The van der Waals surface area contributed by atoms with E-state index >= 15 is 0 Å². The van der Waals surface area contributed by atoms with Crippen molar-refractivity contribution in [1.82, 2.24) is 10.2 Å². The Balaban J connectivity index is 1.62. The van der Waals surface area contributed by atoms with Crippen molar-refractivity contribution >= 4 is 5.69 Å². The van der Waals surface area contributed by atoms with Crippen molar-refractivity contribution in [3.63, 3.8) is 0 Å². The van der Waals surface area contributed by atoms with Gasteiger partial charge >= 0.3 is 0 Å². The molecule has 0 saturated heterocycles. The predicted octanol–water partition coefficient (Wildman–Crippen LogP) is 4.99. The summed E-state index contributed by atoms with van der Waals surface area (Å²) in [7, 11) is 0. The first kappa shape index (κ1) is 14.3. The number of nitrogens with zero attached hydrogens (tertiary/aromatic N) is 1. The summed E-state index contributed by atoms with van der Waals surface area (Å²) in [5.74, 6) is 0. The van der Waals surface area contributed by atoms with Gasteiger partial charge in [-0.1, -0.05) is 66.7 Å². The van der Waals surface area contributed by atoms with Gasteiger partial charge in [-0.05, 0) is 34.9 Å². The molecule has 3 aromatic carbocycles. The van der Waals surface area contributed by atoms with Gasteiger partial charge in [0.25, 0.3) is 0 Å². The standard InChI is InChI=1S/C21H17N3/c22-19-12-10-18(11-13-19)21-14-20(23-24-21)17-8-6-16(7-9-17)15-4-2-1-3-5-15/h1-14H,22H2,(H,23,24). The third-order valence-electron chi connectivity index (χ3n) is 4.09. The molecule has 0 unspecified atom stereocenters. The second-order valence-corrected chi connectivity index (χ2v) is 5.73. The van der Waals surface area contributed by atoms with E-state index in [2.05, 4.69) is 64.8 Å². The van der Waals surface area contributed by atoms with Gasteiger partial charge in [-0.15, -0.1) is 0 Å². The zero-order valence-electron chi connectivity index (χ0n) is 13.1. The van der Waals surface area contributed by atoms with Crippen LogP contribution in [0.1, 0.15) is 0 Å². The average molecular weight is 311 g/mol. The molecule has 0 aliphatic carbocycles. The lowest BCUT2D eigenvalue weighted by Crippen LogP contribution is -1.83. The van der Waals surface area contributed by atoms with Crippen molar-refractivity contribution in [3.8, 4) is 33.6 Å². The summed E-state index contributed by atoms with van der Waals surface area (Å²) in [6.07, 6.45) is 0. The molecule has 3 N–H and O–H groups in total. The van der Waals surface area contributed by atoms with Gasteiger partial charge < -0.3 is 5.73 Å². The maximum atomic E-state index is 5.73. The molecule has 0 bridgehead atoms. The number of benzene rings is 3. The van der Waals surface area contributed by atoms with Crippen LogP contribution >= 0.6 is 0 Å². The minimum Gasteiger partial charge on any atom is -0.399 e. The highest BCUT2D eigenvalue weighted by molar-refractivity contribution is 5.72. The predicted molar refractivity (Wildman–Crippen MR) is 99.3 cm³/mol. The first-order valence-corrected chi connectivity index (χ1v) is 7.87. The van der Waals surface area contributed by atoms with Crippen LogP contribution in [-0.4, -0.2) is 10.2 Å². The number of hydrogen-bond donors (Lipinski definition) is 2. The van der Waals surface area contributed by atoms with Crippen molar-refractivity contribution in [1.29, 1.82) is 0 Å². The molecule has 1 heterocycles. The summed E-state index contributed by atoms with van der Waals surface area (Å²) in [4.78, 5) is 0. The number of rotatable bonds is 3. The highest BCUT2D eigenvalue weighted by Crippen LogP contribution is 2.27. The molecular formula is C21H17N3. The molecule has 0 fully saturated rings. The average Bonchev–Trinajstić information content (AvgIpc) is 3.13. The smallest absolute Gasteiger partial charge is 0.0927 e. The molecule has 1 aromatic heterocycles. The van der Waals surface area contributed by atoms with Gasteiger partial charge in [0.2, 0.25) is 0 Å². The van der Waals surface area contributed by atoms with Crippen molar-refractivity contribution in [2.24, 2.45) is 0 Å². The molecule has 3 nitrogen and oxygen atoms in total. The highest BCUT2D eigenvalue weighted by atomic mass is 15.1. The fraction of sp³-hybridized carbons (Fsp3) is 0. The van der Waals surface area contributed by atoms with E-state index in [9.17, 15) is 0 Å². The van der Waals surface area contributed by atoms with Crippen molar-refractivity contribution in [3.05, 3.63) is 84.9 Å². The molecular weight excluding hydrogens is 294 g/mol. The maximum absolute atomic E-state index is 5.73. The lowest BCUT2D eigenvalue weighted by atomic mass is 10.0. The fourth-order valence-corrected chi connectivity index (χ4v) is 2.74. The second kappa shape index (κ2) is 6.05. The van der Waals surface area contributed by atoms with Gasteiger partial charge in [-0.25, -0.2) is 0 Å². The molecule has 0 amide bonds. The summed E-state index contributed by atoms with van der Waals surface area (Å²) in [5.41, 5.74) is 13.0. The summed E-state index contributed by atoms with van der Waals surface area (Å²) in [6, 6.07) is 28.7. The number of nitrogens with one attached hydrogen (secondary N) is 1. The molecule has 0 radical (unpaired) electrons. The van der Waals surface area contributed by atoms with Crippen LogP contribution in [0, 0.1) is 0 Å². The number of anilines is 1. The van der Waals surface area contributed by atoms with Crippen LogP contribution in [0.3, 0.4) is 0 Å². The van der Waals surface area contributed by atoms with Crippen molar-refractivity contribution in [2.75, 3.05) is 5.73 Å². The number of hydrogen-bond acceptors (Lipinski definition) is 2. The Morgan fingerprint density at radius 3 is 1.92 bits per heavy atom. The first-order valence-electron chi connectivity index (χ1n) is 7.87. The van der Waals surface area contributed by atoms with Crippen LogP contribution in [0.2, 0.25) is 0 Å². The van der Waals surface area contributed by atoms with Crippen LogP contribution in [0.15, 0.2) is 84.9 Å². The largest absolute Gasteiger partial charge is 0.399 e. The maximum Gasteiger partial charge on any atom is 0.0927 e. The topological polar surface area (TPSA) is 54.7 Å². The third kappa shape index (κ3) is 2.79. The number of aromatic amines is 1. The third-order valence-corrected chi connectivity index (χ3v) is 4.09. The van der Waals surface area contributed by atoms with Crippen LogP contribution in [-0.2, 0) is 0 Å². The molecule has 0 atom stereocenters. The Bertz CT molecular complexity index is 937. The fourth-order valence-electron chi connectivity index (χ4n) is 2.74. The second-order valence-electron chi connectivity index (χ2n) is 5.73. The van der Waals surface area contributed by atoms with Crippen LogP contribution in [0.5, 0.6) is 0 Å². The summed E-state index contributed by atoms with van der Waals surface area (Å²) >= 11 is 0. The minimum atomic E-state index is 0.756. The van der Waals surface area contributed by atoms with E-state index in [1.165, 1.54) is 11.1 Å². The summed E-state index contributed by atoms with van der Waals surface area (Å²) in [6.45, 7) is 0. The van der Waals surface area contributed by atoms with E-state index in [0.29, 0.717) is 0 Å². The quantitative estimate of drug-likeness (QED) is 0.523.